The summed E-state index contributed by atoms with van der Waals surface area (Å²) in [6.45, 7) is 4.18. The second-order valence-electron chi connectivity index (χ2n) is 8.49. The van der Waals surface area contributed by atoms with Crippen molar-refractivity contribution in [1.82, 2.24) is 34.7 Å². The van der Waals surface area contributed by atoms with E-state index in [1.807, 2.05) is 13.8 Å². The molecule has 0 radical (unpaired) electrons. The minimum Gasteiger partial charge on any atom is -0.354 e. The van der Waals surface area contributed by atoms with Gasteiger partial charge in [-0.25, -0.2) is 9.97 Å². The maximum atomic E-state index is 13.7. The van der Waals surface area contributed by atoms with Crippen molar-refractivity contribution < 1.29 is 18.0 Å². The van der Waals surface area contributed by atoms with Gasteiger partial charge in [-0.1, -0.05) is 19.9 Å². The highest BCUT2D eigenvalue weighted by molar-refractivity contribution is 5.95. The third kappa shape index (κ3) is 3.13. The van der Waals surface area contributed by atoms with Gasteiger partial charge < -0.3 is 10.6 Å². The Kier molecular flexibility index (Phi) is 4.20. The zero-order chi connectivity index (χ0) is 22.8. The van der Waals surface area contributed by atoms with Crippen molar-refractivity contribution in [1.29, 1.82) is 0 Å². The number of aromatic nitrogens is 6. The number of alkyl halides is 3. The molecular formula is C20H19F3N8O. The Morgan fingerprint density at radius 1 is 1.25 bits per heavy atom. The molecule has 1 atom stereocenters. The van der Waals surface area contributed by atoms with E-state index >= 15 is 0 Å². The third-order valence-electron chi connectivity index (χ3n) is 5.61. The fraction of sp³-hybridized carbons (Fsp3) is 0.350. The van der Waals surface area contributed by atoms with Gasteiger partial charge in [0.05, 0.1) is 22.8 Å². The Balaban J connectivity index is 1.78. The van der Waals surface area contributed by atoms with Crippen LogP contribution in [0, 0.1) is 5.41 Å². The van der Waals surface area contributed by atoms with Crippen LogP contribution < -0.4 is 10.6 Å². The number of hydrogen-bond donors (Lipinski definition) is 2. The summed E-state index contributed by atoms with van der Waals surface area (Å²) >= 11 is 0. The third-order valence-corrected chi connectivity index (χ3v) is 5.61. The molecule has 9 nitrogen and oxygen atoms in total. The molecule has 1 amide bonds. The highest BCUT2D eigenvalue weighted by atomic mass is 19.4. The van der Waals surface area contributed by atoms with Crippen LogP contribution in [-0.4, -0.2) is 47.9 Å². The zero-order valence-corrected chi connectivity index (χ0v) is 17.4. The first-order valence-electron chi connectivity index (χ1n) is 9.84. The summed E-state index contributed by atoms with van der Waals surface area (Å²) in [5, 5.41) is 14.5. The van der Waals surface area contributed by atoms with Gasteiger partial charge in [0.1, 0.15) is 6.04 Å². The van der Waals surface area contributed by atoms with Gasteiger partial charge in [0.2, 0.25) is 11.9 Å². The van der Waals surface area contributed by atoms with Crippen LogP contribution in [0.4, 0.5) is 19.1 Å². The van der Waals surface area contributed by atoms with Gasteiger partial charge in [-0.05, 0) is 12.1 Å². The molecule has 3 aromatic heterocycles. The minimum absolute atomic E-state index is 0.00182. The van der Waals surface area contributed by atoms with E-state index in [0.29, 0.717) is 12.1 Å². The molecule has 4 aromatic rings. The molecule has 0 aliphatic carbocycles. The number of amides is 1. The van der Waals surface area contributed by atoms with Gasteiger partial charge in [0.25, 0.3) is 0 Å². The molecule has 4 heterocycles. The van der Waals surface area contributed by atoms with Crippen molar-refractivity contribution in [3.05, 3.63) is 36.2 Å². The summed E-state index contributed by atoms with van der Waals surface area (Å²) in [5.74, 6) is 0.0201. The van der Waals surface area contributed by atoms with Gasteiger partial charge in [-0.2, -0.15) is 22.8 Å². The monoisotopic (exact) mass is 444 g/mol. The quantitative estimate of drug-likeness (QED) is 0.504. The Labute approximate surface area is 179 Å². The zero-order valence-electron chi connectivity index (χ0n) is 17.4. The van der Waals surface area contributed by atoms with Crippen molar-refractivity contribution in [2.45, 2.75) is 26.1 Å². The Bertz CT molecular complexity index is 1370. The summed E-state index contributed by atoms with van der Waals surface area (Å²) in [4.78, 5) is 21.2. The number of nitrogens with one attached hydrogen (secondary N) is 2. The van der Waals surface area contributed by atoms with E-state index in [0.717, 1.165) is 6.07 Å². The van der Waals surface area contributed by atoms with E-state index in [2.05, 4.69) is 30.8 Å². The number of para-hydroxylation sites is 1. The van der Waals surface area contributed by atoms with Crippen molar-refractivity contribution in [3.63, 3.8) is 0 Å². The molecule has 0 saturated carbocycles. The van der Waals surface area contributed by atoms with Crippen molar-refractivity contribution >= 4 is 28.4 Å². The number of carbonyl (C=O) groups is 1. The summed E-state index contributed by atoms with van der Waals surface area (Å²) in [6, 6.07) is 3.09. The molecule has 1 aliphatic rings. The van der Waals surface area contributed by atoms with E-state index in [1.54, 1.807) is 24.1 Å². The summed E-state index contributed by atoms with van der Waals surface area (Å²) < 4.78 is 44.1. The number of benzene rings is 1. The largest absolute Gasteiger partial charge is 0.418 e. The van der Waals surface area contributed by atoms with Gasteiger partial charge in [0.15, 0.2) is 11.5 Å². The topological polar surface area (TPSA) is 102 Å². The number of hydrogen-bond acceptors (Lipinski definition) is 6. The number of fused-ring (bicyclic) bond motifs is 3. The second kappa shape index (κ2) is 6.65. The molecule has 12 heteroatoms. The number of nitrogens with zero attached hydrogens (tertiary/aromatic N) is 6. The van der Waals surface area contributed by atoms with Crippen molar-refractivity contribution in [2.24, 2.45) is 12.5 Å². The minimum atomic E-state index is -4.61. The molecule has 32 heavy (non-hydrogen) atoms. The predicted octanol–water partition coefficient (Wildman–Crippen LogP) is 2.63. The molecule has 0 bridgehead atoms. The maximum absolute atomic E-state index is 13.7. The van der Waals surface area contributed by atoms with Crippen molar-refractivity contribution in [3.8, 4) is 11.4 Å². The number of rotatable bonds is 3. The number of halogens is 3. The molecule has 1 aliphatic heterocycles. The molecule has 1 fully saturated rings. The lowest BCUT2D eigenvalue weighted by molar-refractivity contribution is -0.136. The van der Waals surface area contributed by atoms with Gasteiger partial charge in [-0.3, -0.25) is 9.48 Å². The fourth-order valence-electron chi connectivity index (χ4n) is 3.88. The molecule has 0 spiro atoms. The van der Waals surface area contributed by atoms with E-state index in [-0.39, 0.29) is 34.2 Å². The molecule has 1 saturated heterocycles. The lowest BCUT2D eigenvalue weighted by Crippen LogP contribution is -2.38. The highest BCUT2D eigenvalue weighted by Gasteiger charge is 2.42. The summed E-state index contributed by atoms with van der Waals surface area (Å²) in [6.07, 6.45) is -1.35. The van der Waals surface area contributed by atoms with Crippen LogP contribution in [0.2, 0.25) is 0 Å². The van der Waals surface area contributed by atoms with E-state index in [4.69, 9.17) is 0 Å². The van der Waals surface area contributed by atoms with Crippen LogP contribution in [-0.2, 0) is 18.0 Å². The Hall–Kier alpha value is -3.70. The summed E-state index contributed by atoms with van der Waals surface area (Å²) in [5.41, 5.74) is -0.853. The highest BCUT2D eigenvalue weighted by Crippen LogP contribution is 2.36. The van der Waals surface area contributed by atoms with Gasteiger partial charge >= 0.3 is 6.18 Å². The van der Waals surface area contributed by atoms with E-state index in [9.17, 15) is 18.0 Å². The fourth-order valence-corrected chi connectivity index (χ4v) is 3.88. The molecule has 166 valence electrons. The average Bonchev–Trinajstić information content (AvgIpc) is 3.41. The van der Waals surface area contributed by atoms with Crippen LogP contribution in [0.15, 0.2) is 30.6 Å². The molecular weight excluding hydrogens is 425 g/mol. The number of aryl methyl sites for hydroxylation is 1. The van der Waals surface area contributed by atoms with Gasteiger partial charge in [-0.15, -0.1) is 5.10 Å². The lowest BCUT2D eigenvalue weighted by Gasteiger charge is -2.25. The first-order chi connectivity index (χ1) is 15.0. The molecule has 1 unspecified atom stereocenters. The first-order valence-corrected chi connectivity index (χ1v) is 9.84. The summed E-state index contributed by atoms with van der Waals surface area (Å²) in [7, 11) is 1.74. The van der Waals surface area contributed by atoms with Crippen LogP contribution in [0.25, 0.3) is 27.9 Å². The van der Waals surface area contributed by atoms with Crippen LogP contribution in [0.3, 0.4) is 0 Å². The smallest absolute Gasteiger partial charge is 0.354 e. The Morgan fingerprint density at radius 3 is 2.66 bits per heavy atom. The Morgan fingerprint density at radius 2 is 2.03 bits per heavy atom. The molecule has 5 rings (SSSR count). The predicted molar refractivity (Wildman–Crippen MR) is 110 cm³/mol. The van der Waals surface area contributed by atoms with E-state index in [1.165, 1.54) is 16.6 Å². The first kappa shape index (κ1) is 20.2. The molecule has 1 aromatic carbocycles. The number of carbonyl (C=O) groups excluding carboxylic acids is 1. The van der Waals surface area contributed by atoms with E-state index < -0.39 is 23.2 Å². The SMILES string of the molecule is Cn1cc(-c2nc3c4cccc(C(F)(F)F)c4nc(NC4C(=O)NCC4(C)C)n3n2)cn1. The maximum Gasteiger partial charge on any atom is 0.418 e. The van der Waals surface area contributed by atoms with Crippen LogP contribution in [0.5, 0.6) is 0 Å². The standard InChI is InChI=1S/C20H19F3N8O/c1-19(2)9-24-17(32)14(19)27-18-26-13-11(5-4-6-12(13)20(21,22)23)16-28-15(29-31(16)18)10-7-25-30(3)8-10/h4-8,14H,9H2,1-3H3,(H,24,32)(H,26,27). The van der Waals surface area contributed by atoms with Crippen LogP contribution in [0.1, 0.15) is 19.4 Å². The van der Waals surface area contributed by atoms with Gasteiger partial charge in [0, 0.05) is 30.6 Å². The second-order valence-corrected chi connectivity index (χ2v) is 8.49. The molecule has 2 N–H and O–H groups in total. The van der Waals surface area contributed by atoms with Crippen LogP contribution >= 0.6 is 0 Å². The average molecular weight is 444 g/mol. The number of anilines is 1. The normalized spacial score (nSPS) is 18.4. The van der Waals surface area contributed by atoms with Crippen molar-refractivity contribution in [2.75, 3.05) is 11.9 Å². The lowest BCUT2D eigenvalue weighted by atomic mass is 9.87.